The van der Waals surface area contributed by atoms with Gasteiger partial charge in [-0.3, -0.25) is 0 Å². The predicted octanol–water partition coefficient (Wildman–Crippen LogP) is 1.36. The lowest BCUT2D eigenvalue weighted by atomic mass is 9.91. The first kappa shape index (κ1) is 13.1. The van der Waals surface area contributed by atoms with E-state index in [0.29, 0.717) is 5.82 Å². The number of aromatic nitrogens is 2. The summed E-state index contributed by atoms with van der Waals surface area (Å²) in [7, 11) is 1.97. The number of hydrogen-bond donors (Lipinski definition) is 2. The van der Waals surface area contributed by atoms with Crippen LogP contribution in [0.15, 0.2) is 6.07 Å². The topological polar surface area (TPSA) is 75.3 Å². The molecule has 0 aromatic carbocycles. The van der Waals surface area contributed by atoms with Crippen molar-refractivity contribution in [3.8, 4) is 0 Å². The first-order valence-electron chi connectivity index (χ1n) is 6.66. The molecule has 1 heterocycles. The number of aliphatic hydroxyl groups is 1. The molecule has 0 aliphatic heterocycles. The number of anilines is 2. The molecular formula is C13H22N4O. The third-order valence-electron chi connectivity index (χ3n) is 3.65. The van der Waals surface area contributed by atoms with Crippen LogP contribution in [0, 0.1) is 0 Å². The summed E-state index contributed by atoms with van der Waals surface area (Å²) in [6, 6.07) is 1.92. The Kier molecular flexibility index (Phi) is 4.01. The highest BCUT2D eigenvalue weighted by atomic mass is 16.3. The molecule has 1 saturated carbocycles. The second kappa shape index (κ2) is 5.52. The van der Waals surface area contributed by atoms with Gasteiger partial charge in [-0.15, -0.1) is 0 Å². The average Bonchev–Trinajstić information content (AvgIpc) is 2.37. The fraction of sp³-hybridized carbons (Fsp3) is 0.692. The summed E-state index contributed by atoms with van der Waals surface area (Å²) in [5, 5.41) is 10.1. The van der Waals surface area contributed by atoms with Crippen molar-refractivity contribution >= 4 is 11.6 Å². The first-order chi connectivity index (χ1) is 8.61. The van der Waals surface area contributed by atoms with Gasteiger partial charge >= 0.3 is 0 Å². The van der Waals surface area contributed by atoms with Crippen LogP contribution < -0.4 is 10.6 Å². The highest BCUT2D eigenvalue weighted by molar-refractivity contribution is 5.47. The summed E-state index contributed by atoms with van der Waals surface area (Å²) in [5.74, 6) is 2.06. The van der Waals surface area contributed by atoms with E-state index in [0.717, 1.165) is 43.7 Å². The summed E-state index contributed by atoms with van der Waals surface area (Å²) in [6.45, 7) is 2.01. The lowest BCUT2D eigenvalue weighted by molar-refractivity contribution is 0.106. The van der Waals surface area contributed by atoms with E-state index in [-0.39, 0.29) is 12.1 Å². The van der Waals surface area contributed by atoms with Crippen molar-refractivity contribution in [3.05, 3.63) is 11.9 Å². The van der Waals surface area contributed by atoms with Crippen LogP contribution in [0.4, 0.5) is 11.6 Å². The zero-order chi connectivity index (χ0) is 13.1. The molecule has 0 amide bonds. The molecule has 1 aliphatic rings. The van der Waals surface area contributed by atoms with Gasteiger partial charge in [0.05, 0.1) is 12.1 Å². The minimum absolute atomic E-state index is 0.137. The summed E-state index contributed by atoms with van der Waals surface area (Å²) < 4.78 is 0. The van der Waals surface area contributed by atoms with Crippen LogP contribution in [0.1, 0.15) is 38.4 Å². The maximum absolute atomic E-state index is 10.1. The van der Waals surface area contributed by atoms with E-state index in [9.17, 15) is 5.11 Å². The van der Waals surface area contributed by atoms with E-state index < -0.39 is 0 Å². The van der Waals surface area contributed by atoms with Crippen molar-refractivity contribution < 1.29 is 5.11 Å². The molecule has 18 heavy (non-hydrogen) atoms. The van der Waals surface area contributed by atoms with Crippen molar-refractivity contribution in [3.63, 3.8) is 0 Å². The van der Waals surface area contributed by atoms with Gasteiger partial charge in [0.2, 0.25) is 0 Å². The molecule has 5 heteroatoms. The summed E-state index contributed by atoms with van der Waals surface area (Å²) in [6.07, 6.45) is 4.63. The van der Waals surface area contributed by atoms with E-state index in [1.54, 1.807) is 6.07 Å². The molecule has 0 spiro atoms. The van der Waals surface area contributed by atoms with Crippen LogP contribution in [-0.4, -0.2) is 34.3 Å². The fourth-order valence-electron chi connectivity index (χ4n) is 2.56. The van der Waals surface area contributed by atoms with Gasteiger partial charge < -0.3 is 15.7 Å². The SMILES string of the molecule is CCc1nc(N)cc(N(C)C2CCCCC2O)n1. The molecule has 2 atom stereocenters. The second-order valence-corrected chi connectivity index (χ2v) is 4.95. The minimum Gasteiger partial charge on any atom is -0.391 e. The molecule has 2 rings (SSSR count). The van der Waals surface area contributed by atoms with Crippen LogP contribution >= 0.6 is 0 Å². The number of likely N-dealkylation sites (N-methyl/N-ethyl adjacent to an activating group) is 1. The quantitative estimate of drug-likeness (QED) is 0.847. The van der Waals surface area contributed by atoms with Crippen LogP contribution in [-0.2, 0) is 6.42 Å². The molecule has 1 fully saturated rings. The summed E-state index contributed by atoms with van der Waals surface area (Å²) in [5.41, 5.74) is 5.80. The van der Waals surface area contributed by atoms with Gasteiger partial charge in [0.15, 0.2) is 0 Å². The van der Waals surface area contributed by atoms with Gasteiger partial charge in [-0.05, 0) is 12.8 Å². The lowest BCUT2D eigenvalue weighted by Gasteiger charge is -2.36. The molecule has 2 unspecified atom stereocenters. The Morgan fingerprint density at radius 1 is 1.39 bits per heavy atom. The molecule has 0 radical (unpaired) electrons. The monoisotopic (exact) mass is 250 g/mol. The Bertz CT molecular complexity index is 410. The number of aliphatic hydroxyl groups excluding tert-OH is 1. The van der Waals surface area contributed by atoms with E-state index >= 15 is 0 Å². The second-order valence-electron chi connectivity index (χ2n) is 4.95. The number of nitrogens with zero attached hydrogens (tertiary/aromatic N) is 3. The molecule has 5 nitrogen and oxygen atoms in total. The summed E-state index contributed by atoms with van der Waals surface area (Å²) >= 11 is 0. The first-order valence-corrected chi connectivity index (χ1v) is 6.66. The zero-order valence-electron chi connectivity index (χ0n) is 11.1. The molecule has 0 bridgehead atoms. The van der Waals surface area contributed by atoms with Gasteiger partial charge in [0.1, 0.15) is 17.5 Å². The third-order valence-corrected chi connectivity index (χ3v) is 3.65. The van der Waals surface area contributed by atoms with Crippen molar-refractivity contribution in [2.24, 2.45) is 0 Å². The van der Waals surface area contributed by atoms with Gasteiger partial charge in [-0.2, -0.15) is 0 Å². The lowest BCUT2D eigenvalue weighted by Crippen LogP contribution is -2.44. The predicted molar refractivity (Wildman–Crippen MR) is 72.5 cm³/mol. The normalized spacial score (nSPS) is 23.9. The van der Waals surface area contributed by atoms with Crippen LogP contribution in [0.5, 0.6) is 0 Å². The smallest absolute Gasteiger partial charge is 0.134 e. The fourth-order valence-corrected chi connectivity index (χ4v) is 2.56. The molecule has 1 aliphatic carbocycles. The van der Waals surface area contributed by atoms with Gasteiger partial charge in [0, 0.05) is 19.5 Å². The Morgan fingerprint density at radius 3 is 2.78 bits per heavy atom. The molecule has 100 valence electrons. The number of rotatable bonds is 3. The van der Waals surface area contributed by atoms with Crippen LogP contribution in [0.25, 0.3) is 0 Å². The maximum atomic E-state index is 10.1. The average molecular weight is 250 g/mol. The highest BCUT2D eigenvalue weighted by Gasteiger charge is 2.27. The molecular weight excluding hydrogens is 228 g/mol. The van der Waals surface area contributed by atoms with Gasteiger partial charge in [-0.25, -0.2) is 9.97 Å². The van der Waals surface area contributed by atoms with E-state index in [4.69, 9.17) is 5.73 Å². The van der Waals surface area contributed by atoms with E-state index in [1.165, 1.54) is 0 Å². The Morgan fingerprint density at radius 2 is 2.11 bits per heavy atom. The van der Waals surface area contributed by atoms with E-state index in [1.807, 2.05) is 18.9 Å². The Hall–Kier alpha value is -1.36. The zero-order valence-corrected chi connectivity index (χ0v) is 11.1. The number of nitrogens with two attached hydrogens (primary N) is 1. The Labute approximate surface area is 108 Å². The molecule has 1 aromatic rings. The van der Waals surface area contributed by atoms with Crippen LogP contribution in [0.3, 0.4) is 0 Å². The largest absolute Gasteiger partial charge is 0.391 e. The molecule has 1 aromatic heterocycles. The third kappa shape index (κ3) is 2.72. The standard InChI is InChI=1S/C13H22N4O/c1-3-12-15-11(14)8-13(16-12)17(2)9-6-4-5-7-10(9)18/h8-10,18H,3-7H2,1-2H3,(H2,14,15,16). The summed E-state index contributed by atoms with van der Waals surface area (Å²) in [4.78, 5) is 10.7. The van der Waals surface area contributed by atoms with Gasteiger partial charge in [-0.1, -0.05) is 19.8 Å². The van der Waals surface area contributed by atoms with Gasteiger partial charge in [0.25, 0.3) is 0 Å². The van der Waals surface area contributed by atoms with Crippen molar-refractivity contribution in [1.29, 1.82) is 0 Å². The molecule has 0 saturated heterocycles. The minimum atomic E-state index is -0.273. The Balaban J connectivity index is 2.21. The molecule has 3 N–H and O–H groups in total. The van der Waals surface area contributed by atoms with Crippen LogP contribution in [0.2, 0.25) is 0 Å². The van der Waals surface area contributed by atoms with E-state index in [2.05, 4.69) is 9.97 Å². The van der Waals surface area contributed by atoms with Crippen molar-refractivity contribution in [2.75, 3.05) is 17.7 Å². The van der Waals surface area contributed by atoms with Crippen molar-refractivity contribution in [1.82, 2.24) is 9.97 Å². The number of hydrogen-bond acceptors (Lipinski definition) is 5. The van der Waals surface area contributed by atoms with Crippen molar-refractivity contribution in [2.45, 2.75) is 51.2 Å². The maximum Gasteiger partial charge on any atom is 0.134 e. The number of nitrogen functional groups attached to an aromatic ring is 1. The number of aryl methyl sites for hydroxylation is 1. The highest BCUT2D eigenvalue weighted by Crippen LogP contribution is 2.26.